The standard InChI is InChI=1S/C13H23NO3/c1-3-11-12(4-1)15-10-7-14(11)6-5-13-16-8-2-9-17-13/h11-13H,1-10H2. The number of nitrogens with zero attached hydrogens (tertiary/aromatic N) is 1. The summed E-state index contributed by atoms with van der Waals surface area (Å²) in [6.07, 6.45) is 6.45. The lowest BCUT2D eigenvalue weighted by Crippen LogP contribution is -2.49. The zero-order chi connectivity index (χ0) is 11.5. The Bertz CT molecular complexity index is 243. The zero-order valence-corrected chi connectivity index (χ0v) is 10.5. The third-order valence-electron chi connectivity index (χ3n) is 4.15. The van der Waals surface area contributed by atoms with Gasteiger partial charge in [0.25, 0.3) is 0 Å². The van der Waals surface area contributed by atoms with E-state index in [-0.39, 0.29) is 6.29 Å². The lowest BCUT2D eigenvalue weighted by atomic mass is 10.1. The van der Waals surface area contributed by atoms with Crippen LogP contribution in [0.15, 0.2) is 0 Å². The predicted molar refractivity (Wildman–Crippen MR) is 63.9 cm³/mol. The van der Waals surface area contributed by atoms with Crippen molar-refractivity contribution in [2.75, 3.05) is 32.9 Å². The van der Waals surface area contributed by atoms with Crippen molar-refractivity contribution in [1.29, 1.82) is 0 Å². The lowest BCUT2D eigenvalue weighted by Gasteiger charge is -2.38. The van der Waals surface area contributed by atoms with E-state index in [4.69, 9.17) is 14.2 Å². The first-order chi connectivity index (χ1) is 8.43. The Morgan fingerprint density at radius 1 is 0.941 bits per heavy atom. The summed E-state index contributed by atoms with van der Waals surface area (Å²) in [6.45, 7) is 4.79. The molecule has 2 saturated heterocycles. The van der Waals surface area contributed by atoms with Gasteiger partial charge in [0.1, 0.15) is 0 Å². The molecule has 0 aromatic rings. The molecule has 0 aromatic heterocycles. The second-order valence-electron chi connectivity index (χ2n) is 5.26. The number of ether oxygens (including phenoxy) is 3. The molecule has 1 aliphatic carbocycles. The fourth-order valence-corrected chi connectivity index (χ4v) is 3.26. The molecule has 2 aliphatic heterocycles. The molecule has 2 atom stereocenters. The first-order valence-electron chi connectivity index (χ1n) is 7.02. The van der Waals surface area contributed by atoms with Crippen LogP contribution in [0.3, 0.4) is 0 Å². The molecule has 3 fully saturated rings. The van der Waals surface area contributed by atoms with Crippen LogP contribution in [0.1, 0.15) is 32.1 Å². The topological polar surface area (TPSA) is 30.9 Å². The highest BCUT2D eigenvalue weighted by molar-refractivity contribution is 4.89. The molecule has 98 valence electrons. The summed E-state index contributed by atoms with van der Waals surface area (Å²) in [6, 6.07) is 0.660. The number of fused-ring (bicyclic) bond motifs is 1. The molecular weight excluding hydrogens is 218 g/mol. The molecule has 0 amide bonds. The highest BCUT2D eigenvalue weighted by Crippen LogP contribution is 2.29. The number of morpholine rings is 1. The minimum atomic E-state index is 0.0337. The Morgan fingerprint density at radius 2 is 1.82 bits per heavy atom. The summed E-state index contributed by atoms with van der Waals surface area (Å²) in [7, 11) is 0. The summed E-state index contributed by atoms with van der Waals surface area (Å²) in [5.74, 6) is 0. The lowest BCUT2D eigenvalue weighted by molar-refractivity contribution is -0.185. The molecule has 2 unspecified atom stereocenters. The fourth-order valence-electron chi connectivity index (χ4n) is 3.26. The quantitative estimate of drug-likeness (QED) is 0.747. The van der Waals surface area contributed by atoms with Crippen LogP contribution >= 0.6 is 0 Å². The van der Waals surface area contributed by atoms with Crippen molar-refractivity contribution in [1.82, 2.24) is 4.90 Å². The highest BCUT2D eigenvalue weighted by Gasteiger charge is 2.35. The van der Waals surface area contributed by atoms with Crippen LogP contribution in [0.25, 0.3) is 0 Å². The summed E-state index contributed by atoms with van der Waals surface area (Å²) in [5.41, 5.74) is 0. The molecule has 3 aliphatic rings. The Morgan fingerprint density at radius 3 is 2.71 bits per heavy atom. The third-order valence-corrected chi connectivity index (χ3v) is 4.15. The first-order valence-corrected chi connectivity index (χ1v) is 7.02. The van der Waals surface area contributed by atoms with Gasteiger partial charge in [-0.1, -0.05) is 0 Å². The van der Waals surface area contributed by atoms with E-state index in [0.717, 1.165) is 45.8 Å². The van der Waals surface area contributed by atoms with Gasteiger partial charge in [-0.3, -0.25) is 4.90 Å². The van der Waals surface area contributed by atoms with E-state index >= 15 is 0 Å². The Labute approximate surface area is 103 Å². The number of hydrogen-bond acceptors (Lipinski definition) is 4. The van der Waals surface area contributed by atoms with Crippen molar-refractivity contribution in [2.45, 2.75) is 50.5 Å². The second-order valence-corrected chi connectivity index (χ2v) is 5.26. The summed E-state index contributed by atoms with van der Waals surface area (Å²) in [5, 5.41) is 0. The van der Waals surface area contributed by atoms with Gasteiger partial charge in [-0.05, 0) is 25.7 Å². The minimum Gasteiger partial charge on any atom is -0.375 e. The normalized spacial score (nSPS) is 36.0. The molecule has 1 saturated carbocycles. The van der Waals surface area contributed by atoms with Crippen molar-refractivity contribution in [3.8, 4) is 0 Å². The molecule has 0 spiro atoms. The molecule has 2 heterocycles. The molecule has 0 radical (unpaired) electrons. The predicted octanol–water partition coefficient (Wildman–Crippen LogP) is 1.39. The number of hydrogen-bond donors (Lipinski definition) is 0. The van der Waals surface area contributed by atoms with Gasteiger partial charge in [0, 0.05) is 25.6 Å². The van der Waals surface area contributed by atoms with Crippen LogP contribution in [0, 0.1) is 0 Å². The average molecular weight is 241 g/mol. The molecule has 0 aromatic carbocycles. The third kappa shape index (κ3) is 2.81. The van der Waals surface area contributed by atoms with E-state index in [0.29, 0.717) is 12.1 Å². The molecule has 4 heteroatoms. The number of rotatable bonds is 3. The van der Waals surface area contributed by atoms with E-state index in [1.54, 1.807) is 0 Å². The van der Waals surface area contributed by atoms with Crippen LogP contribution in [0.5, 0.6) is 0 Å². The van der Waals surface area contributed by atoms with Gasteiger partial charge in [-0.15, -0.1) is 0 Å². The molecule has 3 rings (SSSR count). The van der Waals surface area contributed by atoms with Crippen LogP contribution in [-0.4, -0.2) is 56.2 Å². The molecule has 0 N–H and O–H groups in total. The van der Waals surface area contributed by atoms with Crippen molar-refractivity contribution >= 4 is 0 Å². The molecule has 4 nitrogen and oxygen atoms in total. The Balaban J connectivity index is 1.47. The molecule has 17 heavy (non-hydrogen) atoms. The van der Waals surface area contributed by atoms with Crippen LogP contribution < -0.4 is 0 Å². The average Bonchev–Trinajstić information content (AvgIpc) is 2.86. The van der Waals surface area contributed by atoms with E-state index in [2.05, 4.69) is 4.90 Å². The van der Waals surface area contributed by atoms with Gasteiger partial charge in [-0.2, -0.15) is 0 Å². The zero-order valence-electron chi connectivity index (χ0n) is 10.5. The van der Waals surface area contributed by atoms with E-state index < -0.39 is 0 Å². The smallest absolute Gasteiger partial charge is 0.158 e. The van der Waals surface area contributed by atoms with Crippen molar-refractivity contribution < 1.29 is 14.2 Å². The van der Waals surface area contributed by atoms with E-state index in [1.807, 2.05) is 0 Å². The maximum Gasteiger partial charge on any atom is 0.158 e. The summed E-state index contributed by atoms with van der Waals surface area (Å²) >= 11 is 0. The van der Waals surface area contributed by atoms with Gasteiger partial charge < -0.3 is 14.2 Å². The summed E-state index contributed by atoms with van der Waals surface area (Å²) < 4.78 is 17.0. The van der Waals surface area contributed by atoms with Crippen molar-refractivity contribution in [3.05, 3.63) is 0 Å². The largest absolute Gasteiger partial charge is 0.375 e. The maximum absolute atomic E-state index is 5.82. The van der Waals surface area contributed by atoms with Crippen LogP contribution in [-0.2, 0) is 14.2 Å². The Kier molecular flexibility index (Phi) is 3.96. The van der Waals surface area contributed by atoms with E-state index in [1.165, 1.54) is 19.3 Å². The van der Waals surface area contributed by atoms with Gasteiger partial charge in [-0.25, -0.2) is 0 Å². The van der Waals surface area contributed by atoms with Crippen LogP contribution in [0.4, 0.5) is 0 Å². The molecule has 0 bridgehead atoms. The van der Waals surface area contributed by atoms with Gasteiger partial charge >= 0.3 is 0 Å². The van der Waals surface area contributed by atoms with Gasteiger partial charge in [0.15, 0.2) is 6.29 Å². The van der Waals surface area contributed by atoms with Gasteiger partial charge in [0.2, 0.25) is 0 Å². The highest BCUT2D eigenvalue weighted by atomic mass is 16.7. The fraction of sp³-hybridized carbons (Fsp3) is 1.00. The second kappa shape index (κ2) is 5.65. The maximum atomic E-state index is 5.82. The minimum absolute atomic E-state index is 0.0337. The van der Waals surface area contributed by atoms with Crippen molar-refractivity contribution in [2.24, 2.45) is 0 Å². The van der Waals surface area contributed by atoms with Gasteiger partial charge in [0.05, 0.1) is 25.9 Å². The monoisotopic (exact) mass is 241 g/mol. The summed E-state index contributed by atoms with van der Waals surface area (Å²) in [4.78, 5) is 2.59. The SMILES string of the molecule is C1COC(CCN2CCOC3CCCC32)OC1. The van der Waals surface area contributed by atoms with E-state index in [9.17, 15) is 0 Å². The Hall–Kier alpha value is -0.160. The first kappa shape index (κ1) is 11.9. The molecular formula is C13H23NO3. The van der Waals surface area contributed by atoms with Crippen molar-refractivity contribution in [3.63, 3.8) is 0 Å². The van der Waals surface area contributed by atoms with Crippen LogP contribution in [0.2, 0.25) is 0 Å².